The maximum absolute atomic E-state index is 11.5. The molecular weight excluding hydrogens is 154 g/mol. The first-order valence-corrected chi connectivity index (χ1v) is 3.52. The van der Waals surface area contributed by atoms with Gasteiger partial charge in [0.05, 0.1) is 12.2 Å². The summed E-state index contributed by atoms with van der Waals surface area (Å²) in [6.07, 6.45) is 1.54. The number of fused-ring (bicyclic) bond motifs is 1. The lowest BCUT2D eigenvalue weighted by atomic mass is 10.3. The Bertz CT molecular complexity index is 404. The van der Waals surface area contributed by atoms with Crippen LogP contribution in [0.5, 0.6) is 0 Å². The maximum atomic E-state index is 11.5. The molecule has 1 N–H and O–H groups in total. The van der Waals surface area contributed by atoms with Gasteiger partial charge in [0.25, 0.3) is 0 Å². The van der Waals surface area contributed by atoms with Gasteiger partial charge in [-0.25, -0.2) is 4.98 Å². The number of nitrogens with zero attached hydrogens (tertiary/aromatic N) is 2. The van der Waals surface area contributed by atoms with Gasteiger partial charge in [-0.15, -0.1) is 0 Å². The van der Waals surface area contributed by atoms with Crippen LogP contribution in [-0.4, -0.2) is 24.4 Å². The summed E-state index contributed by atoms with van der Waals surface area (Å²) in [6.45, 7) is -2.50. The molecule has 0 saturated carbocycles. The number of carbonyl (C=O) groups is 1. The van der Waals surface area contributed by atoms with E-state index in [0.29, 0.717) is 11.5 Å². The fourth-order valence-electron chi connectivity index (χ4n) is 1.09. The van der Waals surface area contributed by atoms with Crippen LogP contribution in [-0.2, 0) is 4.79 Å². The molecule has 12 heavy (non-hydrogen) atoms. The number of anilines is 2. The molecular formula is C8H9N3O. The first-order chi connectivity index (χ1) is 7.00. The Hall–Kier alpha value is -1.58. The van der Waals surface area contributed by atoms with Crippen LogP contribution in [0.2, 0.25) is 0 Å². The van der Waals surface area contributed by atoms with Gasteiger partial charge in [-0.3, -0.25) is 4.79 Å². The van der Waals surface area contributed by atoms with E-state index >= 15 is 0 Å². The van der Waals surface area contributed by atoms with Crippen LogP contribution in [0.25, 0.3) is 0 Å². The second-order valence-electron chi connectivity index (χ2n) is 2.45. The Balaban J connectivity index is 2.51. The van der Waals surface area contributed by atoms with E-state index in [9.17, 15) is 4.79 Å². The summed E-state index contributed by atoms with van der Waals surface area (Å²) in [5.41, 5.74) is 0.300. The van der Waals surface area contributed by atoms with Crippen molar-refractivity contribution in [1.29, 1.82) is 0 Å². The first kappa shape index (κ1) is 4.45. The molecule has 1 aliphatic heterocycles. The maximum Gasteiger partial charge on any atom is 0.246 e. The van der Waals surface area contributed by atoms with Gasteiger partial charge in [-0.05, 0) is 12.1 Å². The molecule has 0 spiro atoms. The number of rotatable bonds is 0. The summed E-state index contributed by atoms with van der Waals surface area (Å²) in [4.78, 5) is 16.2. The minimum atomic E-state index is -2.46. The number of amides is 1. The quantitative estimate of drug-likeness (QED) is 0.609. The number of carbonyl (C=O) groups excluding carboxylic acids is 1. The van der Waals surface area contributed by atoms with Crippen molar-refractivity contribution in [2.24, 2.45) is 0 Å². The van der Waals surface area contributed by atoms with E-state index < -0.39 is 12.9 Å². The third-order valence-electron chi connectivity index (χ3n) is 1.68. The summed E-state index contributed by atoms with van der Waals surface area (Å²) in [6, 6.07) is 3.15. The van der Waals surface area contributed by atoms with Gasteiger partial charge in [0.15, 0.2) is 0 Å². The van der Waals surface area contributed by atoms with Gasteiger partial charge >= 0.3 is 0 Å². The minimum Gasteiger partial charge on any atom is -0.359 e. The average Bonchev–Trinajstić information content (AvgIpc) is 2.15. The van der Waals surface area contributed by atoms with E-state index in [1.54, 1.807) is 18.3 Å². The summed E-state index contributed by atoms with van der Waals surface area (Å²) < 4.78 is 21.8. The summed E-state index contributed by atoms with van der Waals surface area (Å²) in [7, 11) is 0. The van der Waals surface area contributed by atoms with E-state index in [0.717, 1.165) is 4.90 Å². The fraction of sp³-hybridized carbons (Fsp3) is 0.250. The van der Waals surface area contributed by atoms with Crippen LogP contribution in [0.4, 0.5) is 11.5 Å². The summed E-state index contributed by atoms with van der Waals surface area (Å²) >= 11 is 0. The number of hydrogen-bond donors (Lipinski definition) is 1. The Labute approximate surface area is 74.4 Å². The van der Waals surface area contributed by atoms with E-state index in [4.69, 9.17) is 4.11 Å². The molecule has 0 aliphatic carbocycles. The number of likely N-dealkylation sites (N-methyl/N-ethyl adjacent to an activating group) is 1. The second kappa shape index (κ2) is 2.48. The second-order valence-corrected chi connectivity index (χ2v) is 2.45. The number of nitrogens with one attached hydrogen (secondary N) is 1. The van der Waals surface area contributed by atoms with E-state index in [1.807, 2.05) is 0 Å². The van der Waals surface area contributed by atoms with Crippen LogP contribution in [0.15, 0.2) is 18.3 Å². The highest BCUT2D eigenvalue weighted by atomic mass is 16.2. The molecule has 0 radical (unpaired) electrons. The first-order valence-electron chi connectivity index (χ1n) is 5.02. The van der Waals surface area contributed by atoms with Gasteiger partial charge in [-0.1, -0.05) is 0 Å². The lowest BCUT2D eigenvalue weighted by molar-refractivity contribution is -0.116. The van der Waals surface area contributed by atoms with Crippen LogP contribution in [0.1, 0.15) is 4.11 Å². The molecule has 2 rings (SSSR count). The zero-order chi connectivity index (χ0) is 11.1. The number of aromatic nitrogens is 1. The van der Waals surface area contributed by atoms with Crippen LogP contribution < -0.4 is 10.2 Å². The molecule has 0 atom stereocenters. The molecule has 1 aliphatic rings. The predicted octanol–water partition coefficient (Wildman–Crippen LogP) is 0.470. The molecule has 0 aromatic carbocycles. The lowest BCUT2D eigenvalue weighted by Gasteiger charge is -2.25. The zero-order valence-corrected chi connectivity index (χ0v) is 6.24. The van der Waals surface area contributed by atoms with Crippen LogP contribution >= 0.6 is 0 Å². The van der Waals surface area contributed by atoms with Crippen molar-refractivity contribution in [2.45, 2.75) is 0 Å². The Morgan fingerprint density at radius 3 is 3.58 bits per heavy atom. The minimum absolute atomic E-state index is 0.0393. The summed E-state index contributed by atoms with van der Waals surface area (Å²) in [5.74, 6) is -0.0521. The molecule has 62 valence electrons. The van der Waals surface area contributed by atoms with Crippen molar-refractivity contribution >= 4 is 17.4 Å². The van der Waals surface area contributed by atoms with E-state index in [1.165, 1.54) is 0 Å². The highest BCUT2D eigenvalue weighted by molar-refractivity contribution is 6.01. The number of hydrogen-bond acceptors (Lipinski definition) is 3. The van der Waals surface area contributed by atoms with Gasteiger partial charge in [-0.2, -0.15) is 0 Å². The van der Waals surface area contributed by atoms with Crippen molar-refractivity contribution in [3.63, 3.8) is 0 Å². The lowest BCUT2D eigenvalue weighted by Crippen LogP contribution is -2.37. The van der Waals surface area contributed by atoms with Gasteiger partial charge in [0.1, 0.15) is 5.82 Å². The predicted molar refractivity (Wildman–Crippen MR) is 46.1 cm³/mol. The molecule has 4 nitrogen and oxygen atoms in total. The third kappa shape index (κ3) is 0.922. The molecule has 0 unspecified atom stereocenters. The molecule has 0 fully saturated rings. The van der Waals surface area contributed by atoms with Crippen molar-refractivity contribution in [2.75, 3.05) is 23.7 Å². The van der Waals surface area contributed by atoms with Gasteiger partial charge in [0, 0.05) is 17.3 Å². The smallest absolute Gasteiger partial charge is 0.246 e. The monoisotopic (exact) mass is 166 g/mol. The highest BCUT2D eigenvalue weighted by Crippen LogP contribution is 2.24. The standard InChI is InChI=1S/C8H9N3O/c1-11-6-3-2-4-9-8(6)10-5-7(11)12/h2-4H,5H2,1H3,(H,9,10)/i1D3. The van der Waals surface area contributed by atoms with Gasteiger partial charge in [0.2, 0.25) is 5.91 Å². The van der Waals surface area contributed by atoms with E-state index in [-0.39, 0.29) is 6.54 Å². The summed E-state index contributed by atoms with van der Waals surface area (Å²) in [5, 5.41) is 2.76. The topological polar surface area (TPSA) is 45.2 Å². The van der Waals surface area contributed by atoms with Crippen molar-refractivity contribution < 1.29 is 8.91 Å². The van der Waals surface area contributed by atoms with Gasteiger partial charge < -0.3 is 10.2 Å². The Morgan fingerprint density at radius 1 is 1.83 bits per heavy atom. The Morgan fingerprint density at radius 2 is 2.75 bits per heavy atom. The van der Waals surface area contributed by atoms with Crippen LogP contribution in [0, 0.1) is 0 Å². The molecule has 0 bridgehead atoms. The van der Waals surface area contributed by atoms with Crippen molar-refractivity contribution in [3.05, 3.63) is 18.3 Å². The normalized spacial score (nSPS) is 20.2. The highest BCUT2D eigenvalue weighted by Gasteiger charge is 2.19. The fourth-order valence-corrected chi connectivity index (χ4v) is 1.09. The number of pyridine rings is 1. The van der Waals surface area contributed by atoms with Crippen molar-refractivity contribution in [1.82, 2.24) is 4.98 Å². The third-order valence-corrected chi connectivity index (χ3v) is 1.68. The molecule has 1 aromatic heterocycles. The average molecular weight is 166 g/mol. The van der Waals surface area contributed by atoms with Crippen LogP contribution in [0.3, 0.4) is 0 Å². The largest absolute Gasteiger partial charge is 0.359 e. The molecule has 4 heteroatoms. The van der Waals surface area contributed by atoms with E-state index in [2.05, 4.69) is 10.3 Å². The SMILES string of the molecule is [2H]C([2H])([2H])N1C(=O)CNc2ncccc21. The molecule has 2 heterocycles. The molecule has 1 amide bonds. The Kier molecular flexibility index (Phi) is 0.918. The molecule has 1 aromatic rings. The van der Waals surface area contributed by atoms with Crippen molar-refractivity contribution in [3.8, 4) is 0 Å². The zero-order valence-electron chi connectivity index (χ0n) is 9.24. The molecule has 0 saturated heterocycles.